The zero-order chi connectivity index (χ0) is 24.6. The van der Waals surface area contributed by atoms with Crippen molar-refractivity contribution in [2.45, 2.75) is 13.1 Å². The van der Waals surface area contributed by atoms with Crippen LogP contribution in [0.1, 0.15) is 21.7 Å². The SMILES string of the molecule is COc1ccc(Nc2c(-c3nc(C(F)(F)F)co3)c(C)nn2-c2ccccc2Cl)c(C(=O)O)c1. The number of benzene rings is 2. The van der Waals surface area contributed by atoms with E-state index in [1.807, 2.05) is 0 Å². The topological polar surface area (TPSA) is 102 Å². The zero-order valence-corrected chi connectivity index (χ0v) is 18.4. The van der Waals surface area contributed by atoms with Crippen molar-refractivity contribution in [1.82, 2.24) is 14.8 Å². The molecular formula is C22H16ClF3N4O4. The Bertz CT molecular complexity index is 1380. The van der Waals surface area contributed by atoms with Gasteiger partial charge in [0.15, 0.2) is 5.69 Å². The molecule has 0 spiro atoms. The summed E-state index contributed by atoms with van der Waals surface area (Å²) >= 11 is 6.34. The molecule has 2 N–H and O–H groups in total. The molecule has 0 unspecified atom stereocenters. The van der Waals surface area contributed by atoms with Gasteiger partial charge in [0, 0.05) is 0 Å². The summed E-state index contributed by atoms with van der Waals surface area (Å²) in [5.74, 6) is -1.19. The first-order chi connectivity index (χ1) is 16.1. The number of halogens is 4. The molecule has 0 aliphatic rings. The lowest BCUT2D eigenvalue weighted by molar-refractivity contribution is -0.141. The summed E-state index contributed by atoms with van der Waals surface area (Å²) in [5.41, 5.74) is -0.461. The number of ether oxygens (including phenoxy) is 1. The summed E-state index contributed by atoms with van der Waals surface area (Å²) in [6.45, 7) is 1.55. The molecule has 0 aliphatic carbocycles. The number of rotatable bonds is 6. The van der Waals surface area contributed by atoms with Gasteiger partial charge in [0.2, 0.25) is 5.89 Å². The van der Waals surface area contributed by atoms with Crippen molar-refractivity contribution in [2.75, 3.05) is 12.4 Å². The minimum absolute atomic E-state index is 0.0996. The summed E-state index contributed by atoms with van der Waals surface area (Å²) in [7, 11) is 1.39. The Kier molecular flexibility index (Phi) is 5.96. The lowest BCUT2D eigenvalue weighted by Crippen LogP contribution is -2.08. The van der Waals surface area contributed by atoms with Gasteiger partial charge in [0.1, 0.15) is 23.4 Å². The molecule has 0 saturated carbocycles. The second-order valence-corrected chi connectivity index (χ2v) is 7.46. The summed E-state index contributed by atoms with van der Waals surface area (Å²) in [6, 6.07) is 11.0. The molecule has 0 fully saturated rings. The summed E-state index contributed by atoms with van der Waals surface area (Å²) in [4.78, 5) is 15.4. The molecular weight excluding hydrogens is 477 g/mol. The maximum atomic E-state index is 13.1. The van der Waals surface area contributed by atoms with Crippen LogP contribution in [0.2, 0.25) is 5.02 Å². The third-order valence-electron chi connectivity index (χ3n) is 4.86. The quantitative estimate of drug-likeness (QED) is 0.342. The Balaban J connectivity index is 1.94. The van der Waals surface area contributed by atoms with E-state index >= 15 is 0 Å². The minimum Gasteiger partial charge on any atom is -0.497 e. The molecule has 4 aromatic rings. The van der Waals surface area contributed by atoms with Gasteiger partial charge in [-0.1, -0.05) is 23.7 Å². The molecule has 0 amide bonds. The number of aromatic carboxylic acids is 1. The van der Waals surface area contributed by atoms with Crippen LogP contribution in [0.3, 0.4) is 0 Å². The van der Waals surface area contributed by atoms with E-state index in [0.29, 0.717) is 22.7 Å². The minimum atomic E-state index is -4.71. The largest absolute Gasteiger partial charge is 0.497 e. The van der Waals surface area contributed by atoms with E-state index in [1.54, 1.807) is 31.2 Å². The standard InChI is InChI=1S/C22H16ClF3N4O4/c1-11-18(20-28-17(10-34-20)22(24,25)26)19(30(29-11)16-6-4-3-5-14(16)23)27-15-8-7-12(33-2)9-13(15)21(31)32/h3-10,27H,1-2H3,(H,31,32). The van der Waals surface area contributed by atoms with Crippen LogP contribution in [0.5, 0.6) is 5.75 Å². The van der Waals surface area contributed by atoms with Crippen LogP contribution in [-0.2, 0) is 6.18 Å². The first-order valence-electron chi connectivity index (χ1n) is 9.66. The van der Waals surface area contributed by atoms with E-state index in [4.69, 9.17) is 20.8 Å². The smallest absolute Gasteiger partial charge is 0.436 e. The van der Waals surface area contributed by atoms with Crippen molar-refractivity contribution < 1.29 is 32.2 Å². The first kappa shape index (κ1) is 23.2. The van der Waals surface area contributed by atoms with Gasteiger partial charge < -0.3 is 19.6 Å². The van der Waals surface area contributed by atoms with Crippen LogP contribution in [-0.4, -0.2) is 33.0 Å². The molecule has 8 nitrogen and oxygen atoms in total. The molecule has 2 aromatic carbocycles. The number of methoxy groups -OCH3 is 1. The fraction of sp³-hybridized carbons (Fsp3) is 0.136. The molecule has 0 atom stereocenters. The van der Waals surface area contributed by atoms with Crippen molar-refractivity contribution in [2.24, 2.45) is 0 Å². The number of hydrogen-bond donors (Lipinski definition) is 2. The molecule has 0 bridgehead atoms. The van der Waals surface area contributed by atoms with E-state index in [0.717, 1.165) is 0 Å². The van der Waals surface area contributed by atoms with Gasteiger partial charge in [-0.15, -0.1) is 0 Å². The van der Waals surface area contributed by atoms with Crippen molar-refractivity contribution in [3.63, 3.8) is 0 Å². The number of hydrogen-bond acceptors (Lipinski definition) is 6. The molecule has 4 rings (SSSR count). The zero-order valence-electron chi connectivity index (χ0n) is 17.6. The second-order valence-electron chi connectivity index (χ2n) is 7.05. The van der Waals surface area contributed by atoms with E-state index < -0.39 is 17.8 Å². The monoisotopic (exact) mass is 492 g/mol. The third kappa shape index (κ3) is 4.29. The summed E-state index contributed by atoms with van der Waals surface area (Å²) < 4.78 is 51.0. The fourth-order valence-electron chi connectivity index (χ4n) is 3.28. The van der Waals surface area contributed by atoms with Crippen molar-refractivity contribution in [3.05, 3.63) is 70.7 Å². The highest BCUT2D eigenvalue weighted by atomic mass is 35.5. The van der Waals surface area contributed by atoms with Gasteiger partial charge in [-0.3, -0.25) is 0 Å². The summed E-state index contributed by atoms with van der Waals surface area (Å²) in [6.07, 6.45) is -4.21. The van der Waals surface area contributed by atoms with Crippen molar-refractivity contribution >= 4 is 29.1 Å². The molecule has 0 aliphatic heterocycles. The van der Waals surface area contributed by atoms with Gasteiger partial charge >= 0.3 is 12.1 Å². The number of aromatic nitrogens is 3. The van der Waals surface area contributed by atoms with Gasteiger partial charge in [-0.05, 0) is 37.3 Å². The number of oxazole rings is 1. The Morgan fingerprint density at radius 1 is 1.24 bits per heavy atom. The number of anilines is 2. The molecule has 2 heterocycles. The second kappa shape index (κ2) is 8.75. The molecule has 2 aromatic heterocycles. The Morgan fingerprint density at radius 3 is 2.59 bits per heavy atom. The summed E-state index contributed by atoms with van der Waals surface area (Å²) in [5, 5.41) is 17.4. The number of aryl methyl sites for hydroxylation is 1. The molecule has 176 valence electrons. The Morgan fingerprint density at radius 2 is 1.97 bits per heavy atom. The number of carbonyl (C=O) groups is 1. The Labute approximate surface area is 195 Å². The van der Waals surface area contributed by atoms with E-state index in [9.17, 15) is 23.1 Å². The van der Waals surface area contributed by atoms with Crippen LogP contribution in [0, 0.1) is 6.92 Å². The number of nitrogens with one attached hydrogen (secondary N) is 1. The van der Waals surface area contributed by atoms with E-state index in [2.05, 4.69) is 15.4 Å². The fourth-order valence-corrected chi connectivity index (χ4v) is 3.49. The van der Waals surface area contributed by atoms with Gasteiger partial charge in [-0.25, -0.2) is 14.5 Å². The van der Waals surface area contributed by atoms with E-state index in [-0.39, 0.29) is 34.2 Å². The number of carboxylic acid groups (broad SMARTS) is 1. The van der Waals surface area contributed by atoms with Crippen LogP contribution < -0.4 is 10.1 Å². The Hall–Kier alpha value is -3.99. The van der Waals surface area contributed by atoms with Crippen LogP contribution in [0.25, 0.3) is 17.1 Å². The van der Waals surface area contributed by atoms with Crippen LogP contribution >= 0.6 is 11.6 Å². The lowest BCUT2D eigenvalue weighted by Gasteiger charge is -2.15. The molecule has 0 radical (unpaired) electrons. The van der Waals surface area contributed by atoms with Crippen molar-refractivity contribution in [1.29, 1.82) is 0 Å². The molecule has 12 heteroatoms. The highest BCUT2D eigenvalue weighted by molar-refractivity contribution is 6.32. The van der Waals surface area contributed by atoms with Gasteiger partial charge in [0.25, 0.3) is 0 Å². The first-order valence-corrected chi connectivity index (χ1v) is 10.0. The van der Waals surface area contributed by atoms with Gasteiger partial charge in [-0.2, -0.15) is 18.3 Å². The average Bonchev–Trinajstić information content (AvgIpc) is 3.39. The van der Waals surface area contributed by atoms with Gasteiger partial charge in [0.05, 0.1) is 34.8 Å². The molecule has 0 saturated heterocycles. The lowest BCUT2D eigenvalue weighted by atomic mass is 10.1. The van der Waals surface area contributed by atoms with Crippen LogP contribution in [0.4, 0.5) is 24.7 Å². The van der Waals surface area contributed by atoms with Crippen LogP contribution in [0.15, 0.2) is 53.1 Å². The number of alkyl halides is 3. The molecule has 34 heavy (non-hydrogen) atoms. The maximum absolute atomic E-state index is 13.1. The van der Waals surface area contributed by atoms with Crippen molar-refractivity contribution in [3.8, 4) is 22.9 Å². The van der Waals surface area contributed by atoms with E-state index in [1.165, 1.54) is 30.0 Å². The number of nitrogens with zero attached hydrogens (tertiary/aromatic N) is 3. The maximum Gasteiger partial charge on any atom is 0.436 e. The predicted molar refractivity (Wildman–Crippen MR) is 117 cm³/mol. The number of para-hydroxylation sites is 1. The highest BCUT2D eigenvalue weighted by Crippen LogP contribution is 2.39. The normalized spacial score (nSPS) is 11.5. The third-order valence-corrected chi connectivity index (χ3v) is 5.18. The predicted octanol–water partition coefficient (Wildman–Crippen LogP) is 5.96. The number of carboxylic acids is 1. The average molecular weight is 493 g/mol. The highest BCUT2D eigenvalue weighted by Gasteiger charge is 2.36.